The Balaban J connectivity index is 2.07. The number of rotatable bonds is 6. The van der Waals surface area contributed by atoms with Crippen LogP contribution in [0.3, 0.4) is 0 Å². The highest BCUT2D eigenvalue weighted by Gasteiger charge is 2.07. The first-order chi connectivity index (χ1) is 9.65. The van der Waals surface area contributed by atoms with Crippen LogP contribution in [-0.4, -0.2) is 6.61 Å². The summed E-state index contributed by atoms with van der Waals surface area (Å²) in [4.78, 5) is 0. The maximum Gasteiger partial charge on any atom is 0.162 e. The van der Waals surface area contributed by atoms with Crippen LogP contribution in [0.1, 0.15) is 19.4 Å². The molecule has 0 aliphatic rings. The molecule has 20 heavy (non-hydrogen) atoms. The SMILES string of the molecule is CC(C)COc1ccc(Br)cc1OCc1ccccc1. The van der Waals surface area contributed by atoms with Crippen molar-refractivity contribution in [3.8, 4) is 11.5 Å². The minimum atomic E-state index is 0.487. The van der Waals surface area contributed by atoms with Gasteiger partial charge < -0.3 is 9.47 Å². The van der Waals surface area contributed by atoms with Crippen LogP contribution >= 0.6 is 15.9 Å². The molecule has 106 valence electrons. The highest BCUT2D eigenvalue weighted by Crippen LogP contribution is 2.31. The van der Waals surface area contributed by atoms with Crippen molar-refractivity contribution in [1.82, 2.24) is 0 Å². The lowest BCUT2D eigenvalue weighted by molar-refractivity contribution is 0.239. The number of halogens is 1. The molecule has 0 heterocycles. The predicted molar refractivity (Wildman–Crippen MR) is 85.2 cm³/mol. The third kappa shape index (κ3) is 4.57. The maximum atomic E-state index is 5.88. The summed E-state index contributed by atoms with van der Waals surface area (Å²) >= 11 is 3.47. The van der Waals surface area contributed by atoms with Crippen molar-refractivity contribution in [3.05, 3.63) is 58.6 Å². The molecule has 0 saturated carbocycles. The Kier molecular flexibility index (Phi) is 5.48. The molecule has 0 radical (unpaired) electrons. The van der Waals surface area contributed by atoms with Crippen LogP contribution in [0.5, 0.6) is 11.5 Å². The summed E-state index contributed by atoms with van der Waals surface area (Å²) in [6.07, 6.45) is 0. The Morgan fingerprint density at radius 3 is 2.40 bits per heavy atom. The number of hydrogen-bond donors (Lipinski definition) is 0. The summed E-state index contributed by atoms with van der Waals surface area (Å²) in [7, 11) is 0. The van der Waals surface area contributed by atoms with Crippen molar-refractivity contribution in [2.75, 3.05) is 6.61 Å². The van der Waals surface area contributed by atoms with Gasteiger partial charge >= 0.3 is 0 Å². The summed E-state index contributed by atoms with van der Waals surface area (Å²) in [6, 6.07) is 16.0. The van der Waals surface area contributed by atoms with Crippen molar-refractivity contribution in [1.29, 1.82) is 0 Å². The third-order valence-corrected chi connectivity index (χ3v) is 3.21. The molecule has 0 N–H and O–H groups in total. The normalized spacial score (nSPS) is 10.6. The molecular formula is C17H19BrO2. The van der Waals surface area contributed by atoms with Crippen molar-refractivity contribution in [2.45, 2.75) is 20.5 Å². The van der Waals surface area contributed by atoms with Gasteiger partial charge in [0.15, 0.2) is 11.5 Å². The van der Waals surface area contributed by atoms with Gasteiger partial charge in [0, 0.05) is 4.47 Å². The van der Waals surface area contributed by atoms with Gasteiger partial charge in [-0.2, -0.15) is 0 Å². The second kappa shape index (κ2) is 7.34. The van der Waals surface area contributed by atoms with E-state index in [1.54, 1.807) is 0 Å². The zero-order chi connectivity index (χ0) is 14.4. The molecule has 0 spiro atoms. The molecule has 0 aromatic heterocycles. The Labute approximate surface area is 128 Å². The van der Waals surface area contributed by atoms with E-state index in [1.165, 1.54) is 0 Å². The summed E-state index contributed by atoms with van der Waals surface area (Å²) in [6.45, 7) is 5.48. The number of benzene rings is 2. The minimum absolute atomic E-state index is 0.487. The minimum Gasteiger partial charge on any atom is -0.489 e. The average Bonchev–Trinajstić information content (AvgIpc) is 2.45. The van der Waals surface area contributed by atoms with Gasteiger partial charge in [-0.25, -0.2) is 0 Å². The zero-order valence-electron chi connectivity index (χ0n) is 11.8. The van der Waals surface area contributed by atoms with Crippen LogP contribution < -0.4 is 9.47 Å². The Morgan fingerprint density at radius 1 is 0.950 bits per heavy atom. The topological polar surface area (TPSA) is 18.5 Å². The second-order valence-electron chi connectivity index (χ2n) is 5.07. The average molecular weight is 335 g/mol. The highest BCUT2D eigenvalue weighted by atomic mass is 79.9. The fourth-order valence-corrected chi connectivity index (χ4v) is 2.05. The molecule has 2 rings (SSSR count). The summed E-state index contributed by atoms with van der Waals surface area (Å²) in [5.41, 5.74) is 1.14. The first-order valence-electron chi connectivity index (χ1n) is 6.74. The van der Waals surface area contributed by atoms with E-state index in [0.717, 1.165) is 21.5 Å². The van der Waals surface area contributed by atoms with E-state index in [-0.39, 0.29) is 0 Å². The van der Waals surface area contributed by atoms with Crippen LogP contribution in [0.4, 0.5) is 0 Å². The van der Waals surface area contributed by atoms with Crippen LogP contribution in [0.2, 0.25) is 0 Å². The van der Waals surface area contributed by atoms with Crippen LogP contribution in [0, 0.1) is 5.92 Å². The van der Waals surface area contributed by atoms with E-state index >= 15 is 0 Å². The van der Waals surface area contributed by atoms with Gasteiger partial charge in [-0.05, 0) is 29.7 Å². The van der Waals surface area contributed by atoms with Crippen molar-refractivity contribution < 1.29 is 9.47 Å². The molecule has 0 aliphatic carbocycles. The zero-order valence-corrected chi connectivity index (χ0v) is 13.4. The maximum absolute atomic E-state index is 5.88. The van der Waals surface area contributed by atoms with E-state index in [4.69, 9.17) is 9.47 Å². The molecule has 0 amide bonds. The van der Waals surface area contributed by atoms with Gasteiger partial charge in [-0.15, -0.1) is 0 Å². The quantitative estimate of drug-likeness (QED) is 0.734. The Hall–Kier alpha value is -1.48. The van der Waals surface area contributed by atoms with Gasteiger partial charge in [0.2, 0.25) is 0 Å². The van der Waals surface area contributed by atoms with Gasteiger partial charge in [0.25, 0.3) is 0 Å². The van der Waals surface area contributed by atoms with Gasteiger partial charge in [0.1, 0.15) is 6.61 Å². The van der Waals surface area contributed by atoms with E-state index in [1.807, 2.05) is 48.5 Å². The molecule has 2 aromatic rings. The molecule has 3 heteroatoms. The number of hydrogen-bond acceptors (Lipinski definition) is 2. The lowest BCUT2D eigenvalue weighted by Crippen LogP contribution is -2.06. The van der Waals surface area contributed by atoms with Gasteiger partial charge in [-0.1, -0.05) is 60.1 Å². The van der Waals surface area contributed by atoms with Crippen LogP contribution in [-0.2, 0) is 6.61 Å². The molecular weight excluding hydrogens is 316 g/mol. The summed E-state index contributed by atoms with van der Waals surface area (Å²) in [5, 5.41) is 0. The lowest BCUT2D eigenvalue weighted by atomic mass is 10.2. The Bertz CT molecular complexity index is 538. The van der Waals surface area contributed by atoms with Gasteiger partial charge in [0.05, 0.1) is 6.61 Å². The van der Waals surface area contributed by atoms with E-state index in [0.29, 0.717) is 19.1 Å². The fraction of sp³-hybridized carbons (Fsp3) is 0.294. The summed E-state index contributed by atoms with van der Waals surface area (Å²) < 4.78 is 12.7. The van der Waals surface area contributed by atoms with Crippen molar-refractivity contribution >= 4 is 15.9 Å². The van der Waals surface area contributed by atoms with Crippen molar-refractivity contribution in [2.24, 2.45) is 5.92 Å². The molecule has 0 unspecified atom stereocenters. The first-order valence-corrected chi connectivity index (χ1v) is 7.53. The smallest absolute Gasteiger partial charge is 0.162 e. The predicted octanol–water partition coefficient (Wildman–Crippen LogP) is 5.06. The van der Waals surface area contributed by atoms with E-state index in [9.17, 15) is 0 Å². The molecule has 2 nitrogen and oxygen atoms in total. The monoisotopic (exact) mass is 334 g/mol. The molecule has 0 saturated heterocycles. The second-order valence-corrected chi connectivity index (χ2v) is 5.99. The Morgan fingerprint density at radius 2 is 1.70 bits per heavy atom. The molecule has 0 fully saturated rings. The molecule has 0 bridgehead atoms. The van der Waals surface area contributed by atoms with Crippen LogP contribution in [0.25, 0.3) is 0 Å². The third-order valence-electron chi connectivity index (χ3n) is 2.72. The lowest BCUT2D eigenvalue weighted by Gasteiger charge is -2.14. The van der Waals surface area contributed by atoms with E-state index < -0.39 is 0 Å². The number of ether oxygens (including phenoxy) is 2. The van der Waals surface area contributed by atoms with Crippen LogP contribution in [0.15, 0.2) is 53.0 Å². The first kappa shape index (κ1) is 14.9. The van der Waals surface area contributed by atoms with E-state index in [2.05, 4.69) is 29.8 Å². The molecule has 0 atom stereocenters. The summed E-state index contributed by atoms with van der Waals surface area (Å²) in [5.74, 6) is 2.04. The van der Waals surface area contributed by atoms with Crippen molar-refractivity contribution in [3.63, 3.8) is 0 Å². The fourth-order valence-electron chi connectivity index (χ4n) is 1.71. The largest absolute Gasteiger partial charge is 0.489 e. The standard InChI is InChI=1S/C17H19BrO2/c1-13(2)11-19-16-9-8-15(18)10-17(16)20-12-14-6-4-3-5-7-14/h3-10,13H,11-12H2,1-2H3. The molecule has 2 aromatic carbocycles. The highest BCUT2D eigenvalue weighted by molar-refractivity contribution is 9.10. The van der Waals surface area contributed by atoms with Gasteiger partial charge in [-0.3, -0.25) is 0 Å². The molecule has 0 aliphatic heterocycles.